The van der Waals surface area contributed by atoms with Crippen molar-refractivity contribution in [2.24, 2.45) is 0 Å². The highest BCUT2D eigenvalue weighted by Crippen LogP contribution is 2.25. The molecule has 21 heavy (non-hydrogen) atoms. The summed E-state index contributed by atoms with van der Waals surface area (Å²) in [4.78, 5) is 2.45. The van der Waals surface area contributed by atoms with Gasteiger partial charge in [0.25, 0.3) is 0 Å². The van der Waals surface area contributed by atoms with Crippen LogP contribution in [0.3, 0.4) is 0 Å². The third-order valence-electron chi connectivity index (χ3n) is 4.01. The number of hydrogen-bond donors (Lipinski definition) is 0. The number of halogens is 2. The minimum absolute atomic E-state index is 0.192. The Kier molecular flexibility index (Phi) is 5.54. The summed E-state index contributed by atoms with van der Waals surface area (Å²) in [6.45, 7) is 1.52. The Morgan fingerprint density at radius 3 is 2.71 bits per heavy atom. The summed E-state index contributed by atoms with van der Waals surface area (Å²) in [6, 6.07) is 4.95. The molecular weight excluding hydrogens is 331 g/mol. The van der Waals surface area contributed by atoms with Crippen molar-refractivity contribution in [1.29, 1.82) is 0 Å². The molecule has 1 fully saturated rings. The Hall–Kier alpha value is -0.330. The SMILES string of the molecule is CN1CCCC1CN(C)S(=O)(=O)c1ccc(Cl)c(CCl)c1. The van der Waals surface area contributed by atoms with E-state index in [1.54, 1.807) is 19.2 Å². The van der Waals surface area contributed by atoms with Crippen LogP contribution in [0.25, 0.3) is 0 Å². The van der Waals surface area contributed by atoms with Crippen molar-refractivity contribution < 1.29 is 8.42 Å². The number of nitrogens with zero attached hydrogens (tertiary/aromatic N) is 2. The standard InChI is InChI=1S/C14H20Cl2N2O2S/c1-17-7-3-4-12(17)10-18(2)21(19,20)13-5-6-14(16)11(8-13)9-15/h5-6,8,12H,3-4,7,9-10H2,1-2H3. The first-order valence-electron chi connectivity index (χ1n) is 6.87. The largest absolute Gasteiger partial charge is 0.302 e. The predicted octanol–water partition coefficient (Wildman–Crippen LogP) is 2.79. The van der Waals surface area contributed by atoms with E-state index in [-0.39, 0.29) is 16.8 Å². The molecule has 0 bridgehead atoms. The van der Waals surface area contributed by atoms with E-state index in [0.29, 0.717) is 17.1 Å². The lowest BCUT2D eigenvalue weighted by Gasteiger charge is -2.25. The normalized spacial score (nSPS) is 20.3. The average Bonchev–Trinajstić information content (AvgIpc) is 2.84. The van der Waals surface area contributed by atoms with Crippen LogP contribution in [0.2, 0.25) is 5.02 Å². The molecule has 0 radical (unpaired) electrons. The van der Waals surface area contributed by atoms with Crippen LogP contribution in [-0.2, 0) is 15.9 Å². The summed E-state index contributed by atoms with van der Waals surface area (Å²) >= 11 is 11.8. The van der Waals surface area contributed by atoms with E-state index in [4.69, 9.17) is 23.2 Å². The van der Waals surface area contributed by atoms with Gasteiger partial charge in [0.1, 0.15) is 0 Å². The Bertz CT molecular complexity index is 607. The quantitative estimate of drug-likeness (QED) is 0.766. The molecule has 4 nitrogen and oxygen atoms in total. The minimum Gasteiger partial charge on any atom is -0.302 e. The van der Waals surface area contributed by atoms with E-state index in [1.807, 2.05) is 7.05 Å². The number of rotatable bonds is 5. The summed E-state index contributed by atoms with van der Waals surface area (Å²) in [5, 5.41) is 0.488. The van der Waals surface area contributed by atoms with Gasteiger partial charge in [-0.05, 0) is 50.2 Å². The molecule has 118 valence electrons. The van der Waals surface area contributed by atoms with Crippen LogP contribution in [0.1, 0.15) is 18.4 Å². The number of likely N-dealkylation sites (N-methyl/N-ethyl adjacent to an activating group) is 2. The molecule has 1 unspecified atom stereocenters. The zero-order valence-electron chi connectivity index (χ0n) is 12.2. The Morgan fingerprint density at radius 1 is 1.43 bits per heavy atom. The lowest BCUT2D eigenvalue weighted by Crippen LogP contribution is -2.39. The highest BCUT2D eigenvalue weighted by Gasteiger charge is 2.28. The van der Waals surface area contributed by atoms with Gasteiger partial charge in [-0.1, -0.05) is 11.6 Å². The van der Waals surface area contributed by atoms with Gasteiger partial charge in [-0.25, -0.2) is 8.42 Å². The second-order valence-electron chi connectivity index (χ2n) is 5.45. The first-order valence-corrected chi connectivity index (χ1v) is 9.22. The van der Waals surface area contributed by atoms with Crippen LogP contribution >= 0.6 is 23.2 Å². The minimum atomic E-state index is -3.51. The van der Waals surface area contributed by atoms with Crippen molar-refractivity contribution in [3.8, 4) is 0 Å². The zero-order valence-corrected chi connectivity index (χ0v) is 14.5. The maximum Gasteiger partial charge on any atom is 0.242 e. The fraction of sp³-hybridized carbons (Fsp3) is 0.571. The van der Waals surface area contributed by atoms with Crippen LogP contribution < -0.4 is 0 Å². The Morgan fingerprint density at radius 2 is 2.14 bits per heavy atom. The maximum absolute atomic E-state index is 12.6. The fourth-order valence-corrected chi connectivity index (χ4v) is 4.33. The van der Waals surface area contributed by atoms with Crippen LogP contribution in [-0.4, -0.2) is 50.8 Å². The molecule has 0 spiro atoms. The first kappa shape index (κ1) is 17.0. The number of sulfonamides is 1. The van der Waals surface area contributed by atoms with E-state index in [1.165, 1.54) is 10.4 Å². The van der Waals surface area contributed by atoms with Gasteiger partial charge < -0.3 is 4.90 Å². The molecule has 1 aliphatic rings. The molecule has 0 N–H and O–H groups in total. The highest BCUT2D eigenvalue weighted by atomic mass is 35.5. The number of hydrogen-bond acceptors (Lipinski definition) is 3. The fourth-order valence-electron chi connectivity index (χ4n) is 2.60. The molecule has 1 aromatic carbocycles. The second-order valence-corrected chi connectivity index (χ2v) is 8.17. The Balaban J connectivity index is 2.20. The molecule has 7 heteroatoms. The highest BCUT2D eigenvalue weighted by molar-refractivity contribution is 7.89. The lowest BCUT2D eigenvalue weighted by atomic mass is 10.2. The Labute approximate surface area is 136 Å². The number of likely N-dealkylation sites (tertiary alicyclic amines) is 1. The summed E-state index contributed by atoms with van der Waals surface area (Å²) in [5.74, 6) is 0.192. The number of alkyl halides is 1. The second kappa shape index (κ2) is 6.84. The van der Waals surface area contributed by atoms with Gasteiger partial charge in [-0.3, -0.25) is 0 Å². The van der Waals surface area contributed by atoms with Crippen LogP contribution in [0.5, 0.6) is 0 Å². The lowest BCUT2D eigenvalue weighted by molar-refractivity contribution is 0.271. The third kappa shape index (κ3) is 3.71. The van der Waals surface area contributed by atoms with Crippen molar-refractivity contribution >= 4 is 33.2 Å². The van der Waals surface area contributed by atoms with Crippen LogP contribution in [0, 0.1) is 0 Å². The topological polar surface area (TPSA) is 40.6 Å². The maximum atomic E-state index is 12.6. The van der Waals surface area contributed by atoms with Gasteiger partial charge >= 0.3 is 0 Å². The van der Waals surface area contributed by atoms with Crippen LogP contribution in [0.4, 0.5) is 0 Å². The molecule has 0 aliphatic carbocycles. The van der Waals surface area contributed by atoms with Crippen molar-refractivity contribution in [3.05, 3.63) is 28.8 Å². The van der Waals surface area contributed by atoms with Gasteiger partial charge in [0.15, 0.2) is 0 Å². The van der Waals surface area contributed by atoms with Gasteiger partial charge in [-0.2, -0.15) is 4.31 Å². The monoisotopic (exact) mass is 350 g/mol. The van der Waals surface area contributed by atoms with Gasteiger partial charge in [-0.15, -0.1) is 11.6 Å². The predicted molar refractivity (Wildman–Crippen MR) is 86.5 cm³/mol. The first-order chi connectivity index (χ1) is 9.86. The molecule has 1 aromatic rings. The molecule has 1 heterocycles. The summed E-state index contributed by atoms with van der Waals surface area (Å²) < 4.78 is 26.7. The van der Waals surface area contributed by atoms with E-state index in [2.05, 4.69) is 4.90 Å². The average molecular weight is 351 g/mol. The molecule has 1 aliphatic heterocycles. The van der Waals surface area contributed by atoms with Gasteiger partial charge in [0.05, 0.1) is 4.90 Å². The summed E-state index contributed by atoms with van der Waals surface area (Å²) in [6.07, 6.45) is 2.15. The molecule has 0 saturated carbocycles. The van der Waals surface area contributed by atoms with Crippen molar-refractivity contribution in [2.75, 3.05) is 27.2 Å². The van der Waals surface area contributed by atoms with E-state index >= 15 is 0 Å². The van der Waals surface area contributed by atoms with E-state index in [0.717, 1.165) is 19.4 Å². The van der Waals surface area contributed by atoms with Crippen LogP contribution in [0.15, 0.2) is 23.1 Å². The summed E-state index contributed by atoms with van der Waals surface area (Å²) in [5.41, 5.74) is 0.630. The van der Waals surface area contributed by atoms with Crippen molar-refractivity contribution in [3.63, 3.8) is 0 Å². The van der Waals surface area contributed by atoms with Gasteiger partial charge in [0, 0.05) is 30.5 Å². The van der Waals surface area contributed by atoms with E-state index < -0.39 is 10.0 Å². The molecule has 1 saturated heterocycles. The molecule has 0 aromatic heterocycles. The molecule has 2 rings (SSSR count). The number of benzene rings is 1. The van der Waals surface area contributed by atoms with Crippen molar-refractivity contribution in [2.45, 2.75) is 29.7 Å². The zero-order chi connectivity index (χ0) is 15.6. The van der Waals surface area contributed by atoms with Gasteiger partial charge in [0.2, 0.25) is 10.0 Å². The molecule has 1 atom stereocenters. The smallest absolute Gasteiger partial charge is 0.242 e. The third-order valence-corrected chi connectivity index (χ3v) is 6.48. The molecule has 0 amide bonds. The van der Waals surface area contributed by atoms with Crippen molar-refractivity contribution in [1.82, 2.24) is 9.21 Å². The van der Waals surface area contributed by atoms with E-state index in [9.17, 15) is 8.42 Å². The summed E-state index contributed by atoms with van der Waals surface area (Å²) in [7, 11) is 0.145. The molecular formula is C14H20Cl2N2O2S.